The first-order valence-electron chi connectivity index (χ1n) is 6.40. The lowest BCUT2D eigenvalue weighted by Crippen LogP contribution is -2.18. The van der Waals surface area contributed by atoms with Crippen LogP contribution in [0.1, 0.15) is 39.0 Å². The van der Waals surface area contributed by atoms with Crippen molar-refractivity contribution in [3.63, 3.8) is 0 Å². The molecule has 0 amide bonds. The summed E-state index contributed by atoms with van der Waals surface area (Å²) in [6.07, 6.45) is 2.10. The fourth-order valence-electron chi connectivity index (χ4n) is 1.42. The van der Waals surface area contributed by atoms with E-state index in [2.05, 4.69) is 44.1 Å². The van der Waals surface area contributed by atoms with Crippen molar-refractivity contribution in [3.8, 4) is 0 Å². The summed E-state index contributed by atoms with van der Waals surface area (Å²) in [4.78, 5) is 4.40. The van der Waals surface area contributed by atoms with Crippen molar-refractivity contribution < 1.29 is 4.74 Å². The number of pyridine rings is 1. The topological polar surface area (TPSA) is 34.2 Å². The molecule has 0 fully saturated rings. The average molecular weight is 236 g/mol. The van der Waals surface area contributed by atoms with Gasteiger partial charge in [0, 0.05) is 12.7 Å². The molecule has 0 spiro atoms. The van der Waals surface area contributed by atoms with Crippen molar-refractivity contribution >= 4 is 0 Å². The second-order valence-corrected chi connectivity index (χ2v) is 4.65. The predicted molar refractivity (Wildman–Crippen MR) is 70.7 cm³/mol. The molecule has 3 nitrogen and oxygen atoms in total. The van der Waals surface area contributed by atoms with Gasteiger partial charge in [0.2, 0.25) is 0 Å². The van der Waals surface area contributed by atoms with E-state index in [1.165, 1.54) is 5.56 Å². The van der Waals surface area contributed by atoms with Crippen molar-refractivity contribution in [2.75, 3.05) is 6.54 Å². The quantitative estimate of drug-likeness (QED) is 0.790. The van der Waals surface area contributed by atoms with Gasteiger partial charge in [-0.15, -0.1) is 0 Å². The molecule has 1 rings (SSSR count). The van der Waals surface area contributed by atoms with Crippen LogP contribution in [-0.2, 0) is 17.9 Å². The van der Waals surface area contributed by atoms with Crippen molar-refractivity contribution in [1.82, 2.24) is 10.3 Å². The third-order valence-corrected chi connectivity index (χ3v) is 2.97. The van der Waals surface area contributed by atoms with Crippen LogP contribution in [0.5, 0.6) is 0 Å². The summed E-state index contributed by atoms with van der Waals surface area (Å²) in [5.41, 5.74) is 2.27. The van der Waals surface area contributed by atoms with Crippen molar-refractivity contribution in [2.24, 2.45) is 5.92 Å². The lowest BCUT2D eigenvalue weighted by atomic mass is 10.1. The maximum Gasteiger partial charge on any atom is 0.0894 e. The van der Waals surface area contributed by atoms with E-state index in [0.717, 1.165) is 18.8 Å². The van der Waals surface area contributed by atoms with Crippen LogP contribution in [0.25, 0.3) is 0 Å². The van der Waals surface area contributed by atoms with Gasteiger partial charge in [-0.05, 0) is 31.0 Å². The SMILES string of the molecule is CCNCc1cccnc1COC(C)C(C)C. The van der Waals surface area contributed by atoms with E-state index >= 15 is 0 Å². The lowest BCUT2D eigenvalue weighted by molar-refractivity contribution is 0.0214. The Morgan fingerprint density at radius 3 is 2.76 bits per heavy atom. The molecular weight excluding hydrogens is 212 g/mol. The van der Waals surface area contributed by atoms with E-state index in [9.17, 15) is 0 Å². The number of hydrogen-bond donors (Lipinski definition) is 1. The molecule has 0 bridgehead atoms. The van der Waals surface area contributed by atoms with Crippen LogP contribution < -0.4 is 5.32 Å². The van der Waals surface area contributed by atoms with Gasteiger partial charge in [0.05, 0.1) is 18.4 Å². The molecule has 1 aromatic heterocycles. The Kier molecular flexibility index (Phi) is 6.16. The number of aromatic nitrogens is 1. The molecule has 0 aliphatic heterocycles. The number of rotatable bonds is 7. The van der Waals surface area contributed by atoms with Crippen LogP contribution in [0.3, 0.4) is 0 Å². The summed E-state index contributed by atoms with van der Waals surface area (Å²) in [6, 6.07) is 4.08. The molecule has 0 aliphatic carbocycles. The van der Waals surface area contributed by atoms with Crippen LogP contribution in [0.4, 0.5) is 0 Å². The molecule has 0 saturated carbocycles. The van der Waals surface area contributed by atoms with Crippen LogP contribution in [0.2, 0.25) is 0 Å². The van der Waals surface area contributed by atoms with Gasteiger partial charge < -0.3 is 10.1 Å². The number of nitrogens with zero attached hydrogens (tertiary/aromatic N) is 1. The first-order chi connectivity index (χ1) is 8.15. The smallest absolute Gasteiger partial charge is 0.0894 e. The van der Waals surface area contributed by atoms with Crippen LogP contribution in [0, 0.1) is 5.92 Å². The zero-order valence-electron chi connectivity index (χ0n) is 11.4. The van der Waals surface area contributed by atoms with Crippen molar-refractivity contribution in [2.45, 2.75) is 47.0 Å². The molecule has 1 atom stereocenters. The molecule has 0 saturated heterocycles. The standard InChI is InChI=1S/C14H24N2O/c1-5-15-9-13-7-6-8-16-14(13)10-17-12(4)11(2)3/h6-8,11-12,15H,5,9-10H2,1-4H3. The summed E-state index contributed by atoms with van der Waals surface area (Å²) < 4.78 is 5.82. The van der Waals surface area contributed by atoms with E-state index in [0.29, 0.717) is 12.5 Å². The number of nitrogens with one attached hydrogen (secondary N) is 1. The van der Waals surface area contributed by atoms with Crippen molar-refractivity contribution in [1.29, 1.82) is 0 Å². The molecule has 0 aromatic carbocycles. The predicted octanol–water partition coefficient (Wildman–Crippen LogP) is 2.75. The van der Waals surface area contributed by atoms with Crippen LogP contribution in [0.15, 0.2) is 18.3 Å². The highest BCUT2D eigenvalue weighted by Crippen LogP contribution is 2.11. The maximum absolute atomic E-state index is 5.82. The van der Waals surface area contributed by atoms with E-state index in [1.807, 2.05) is 12.3 Å². The molecule has 96 valence electrons. The monoisotopic (exact) mass is 236 g/mol. The first-order valence-corrected chi connectivity index (χ1v) is 6.40. The number of hydrogen-bond acceptors (Lipinski definition) is 3. The second-order valence-electron chi connectivity index (χ2n) is 4.65. The molecule has 17 heavy (non-hydrogen) atoms. The Labute approximate surface area is 105 Å². The van der Waals surface area contributed by atoms with Gasteiger partial charge >= 0.3 is 0 Å². The zero-order valence-corrected chi connectivity index (χ0v) is 11.4. The molecular formula is C14H24N2O. The second kappa shape index (κ2) is 7.41. The molecule has 0 aliphatic rings. The van der Waals surface area contributed by atoms with Gasteiger partial charge in [0.15, 0.2) is 0 Å². The fourth-order valence-corrected chi connectivity index (χ4v) is 1.42. The summed E-state index contributed by atoms with van der Waals surface area (Å²) in [5, 5.41) is 3.32. The van der Waals surface area contributed by atoms with Gasteiger partial charge in [-0.25, -0.2) is 0 Å². The average Bonchev–Trinajstić information content (AvgIpc) is 2.34. The first kappa shape index (κ1) is 14.1. The van der Waals surface area contributed by atoms with Gasteiger partial charge in [0.1, 0.15) is 0 Å². The molecule has 1 aromatic rings. The summed E-state index contributed by atoms with van der Waals surface area (Å²) >= 11 is 0. The Morgan fingerprint density at radius 2 is 2.12 bits per heavy atom. The van der Waals surface area contributed by atoms with Crippen LogP contribution in [-0.4, -0.2) is 17.6 Å². The minimum absolute atomic E-state index is 0.268. The lowest BCUT2D eigenvalue weighted by Gasteiger charge is -2.17. The normalized spacial score (nSPS) is 13.0. The summed E-state index contributed by atoms with van der Waals surface area (Å²) in [5.74, 6) is 0.538. The Hall–Kier alpha value is -0.930. The van der Waals surface area contributed by atoms with E-state index in [-0.39, 0.29) is 6.10 Å². The molecule has 0 radical (unpaired) electrons. The van der Waals surface area contributed by atoms with Gasteiger partial charge in [0.25, 0.3) is 0 Å². The Morgan fingerprint density at radius 1 is 1.35 bits per heavy atom. The minimum Gasteiger partial charge on any atom is -0.372 e. The van der Waals surface area contributed by atoms with Crippen molar-refractivity contribution in [3.05, 3.63) is 29.6 Å². The highest BCUT2D eigenvalue weighted by atomic mass is 16.5. The highest BCUT2D eigenvalue weighted by molar-refractivity contribution is 5.18. The molecule has 1 unspecified atom stereocenters. The van der Waals surface area contributed by atoms with Crippen LogP contribution >= 0.6 is 0 Å². The summed E-state index contributed by atoms with van der Waals surface area (Å²) in [7, 11) is 0. The van der Waals surface area contributed by atoms with E-state index in [1.54, 1.807) is 0 Å². The number of ether oxygens (including phenoxy) is 1. The largest absolute Gasteiger partial charge is 0.372 e. The third kappa shape index (κ3) is 4.84. The molecule has 1 N–H and O–H groups in total. The third-order valence-electron chi connectivity index (χ3n) is 2.97. The molecule has 3 heteroatoms. The Bertz CT molecular complexity index is 326. The van der Waals surface area contributed by atoms with Gasteiger partial charge in [-0.2, -0.15) is 0 Å². The van der Waals surface area contributed by atoms with Gasteiger partial charge in [-0.3, -0.25) is 4.98 Å². The highest BCUT2D eigenvalue weighted by Gasteiger charge is 2.09. The van der Waals surface area contributed by atoms with E-state index in [4.69, 9.17) is 4.74 Å². The van der Waals surface area contributed by atoms with Gasteiger partial charge in [-0.1, -0.05) is 26.8 Å². The fraction of sp³-hybridized carbons (Fsp3) is 0.643. The zero-order chi connectivity index (χ0) is 12.7. The summed E-state index contributed by atoms with van der Waals surface area (Å²) in [6.45, 7) is 11.0. The Balaban J connectivity index is 2.57. The van der Waals surface area contributed by atoms with E-state index < -0.39 is 0 Å². The molecule has 1 heterocycles. The minimum atomic E-state index is 0.268. The maximum atomic E-state index is 5.82.